The Morgan fingerprint density at radius 1 is 0.903 bits per heavy atom. The summed E-state index contributed by atoms with van der Waals surface area (Å²) >= 11 is 0. The number of aryl methyl sites for hydroxylation is 1. The van der Waals surface area contributed by atoms with Crippen LogP contribution in [0.1, 0.15) is 33.4 Å². The van der Waals surface area contributed by atoms with Gasteiger partial charge in [0, 0.05) is 42.1 Å². The average molecular weight is 423 g/mol. The second-order valence-electron chi connectivity index (χ2n) is 9.08. The van der Waals surface area contributed by atoms with E-state index in [-0.39, 0.29) is 17.0 Å². The number of imidazole rings is 1. The van der Waals surface area contributed by atoms with Gasteiger partial charge in [-0.15, -0.1) is 0 Å². The Labute approximate surface area is 181 Å². The minimum Gasteiger partial charge on any atom is -0.371 e. The molecule has 0 saturated carbocycles. The van der Waals surface area contributed by atoms with E-state index in [0.717, 1.165) is 29.9 Å². The smallest absolute Gasteiger partial charge is 0.173 e. The van der Waals surface area contributed by atoms with E-state index in [0.29, 0.717) is 23.1 Å². The molecular weight excluding hydrogens is 394 g/mol. The van der Waals surface area contributed by atoms with Gasteiger partial charge in [-0.05, 0) is 43.0 Å². The zero-order chi connectivity index (χ0) is 22.3. The predicted octanol–water partition coefficient (Wildman–Crippen LogP) is 6.25. The average Bonchev–Trinajstić information content (AvgIpc) is 3.07. The van der Waals surface area contributed by atoms with E-state index in [1.165, 1.54) is 6.07 Å². The number of halogens is 2. The number of benzene rings is 1. The van der Waals surface area contributed by atoms with Crippen LogP contribution in [0.3, 0.4) is 0 Å². The first-order valence-electron chi connectivity index (χ1n) is 10.7. The van der Waals surface area contributed by atoms with E-state index < -0.39 is 5.82 Å². The van der Waals surface area contributed by atoms with Gasteiger partial charge in [-0.25, -0.2) is 18.7 Å². The van der Waals surface area contributed by atoms with Gasteiger partial charge in [0.25, 0.3) is 0 Å². The molecule has 0 aliphatic heterocycles. The highest BCUT2D eigenvalue weighted by Gasteiger charge is 2.16. The van der Waals surface area contributed by atoms with Crippen molar-refractivity contribution in [3.05, 3.63) is 60.1 Å². The third-order valence-electron chi connectivity index (χ3n) is 5.19. The fourth-order valence-electron chi connectivity index (χ4n) is 4.01. The van der Waals surface area contributed by atoms with Crippen molar-refractivity contribution in [1.82, 2.24) is 14.4 Å². The van der Waals surface area contributed by atoms with E-state index in [4.69, 9.17) is 0 Å². The van der Waals surface area contributed by atoms with Crippen molar-refractivity contribution in [2.24, 2.45) is 11.8 Å². The molecule has 0 unspecified atom stereocenters. The number of rotatable bonds is 6. The topological polar surface area (TPSA) is 33.4 Å². The van der Waals surface area contributed by atoms with Crippen molar-refractivity contribution in [3.8, 4) is 11.3 Å². The summed E-state index contributed by atoms with van der Waals surface area (Å²) < 4.78 is 31.3. The van der Waals surface area contributed by atoms with E-state index in [2.05, 4.69) is 42.6 Å². The van der Waals surface area contributed by atoms with E-state index >= 15 is 4.39 Å². The molecule has 4 nitrogen and oxygen atoms in total. The number of hydrogen-bond donors (Lipinski definition) is 0. The number of hydrogen-bond acceptors (Lipinski definition) is 3. The summed E-state index contributed by atoms with van der Waals surface area (Å²) in [5, 5.41) is 0.733. The molecule has 0 saturated heterocycles. The molecule has 0 N–H and O–H groups in total. The maximum Gasteiger partial charge on any atom is 0.173 e. The van der Waals surface area contributed by atoms with Gasteiger partial charge in [-0.1, -0.05) is 33.8 Å². The molecule has 1 aromatic carbocycles. The SMILES string of the molecule is Cc1cn2cc(-c3ccc4cc(N(CC(C)C)CC(C)C)cc(F)c4n3)cc(F)c2n1. The highest BCUT2D eigenvalue weighted by atomic mass is 19.1. The number of pyridine rings is 2. The number of aromatic nitrogens is 3. The molecule has 3 aromatic heterocycles. The molecule has 0 fully saturated rings. The number of anilines is 1. The van der Waals surface area contributed by atoms with Crippen LogP contribution in [-0.4, -0.2) is 27.5 Å². The van der Waals surface area contributed by atoms with Crippen LogP contribution in [-0.2, 0) is 0 Å². The summed E-state index contributed by atoms with van der Waals surface area (Å²) in [5.74, 6) is 0.137. The lowest BCUT2D eigenvalue weighted by Crippen LogP contribution is -2.31. The Kier molecular flexibility index (Phi) is 5.65. The van der Waals surface area contributed by atoms with Crippen molar-refractivity contribution in [2.45, 2.75) is 34.6 Å². The molecule has 0 atom stereocenters. The molecule has 0 aliphatic rings. The summed E-state index contributed by atoms with van der Waals surface area (Å²) in [6, 6.07) is 8.62. The third-order valence-corrected chi connectivity index (χ3v) is 5.19. The highest BCUT2D eigenvalue weighted by molar-refractivity contribution is 5.85. The zero-order valence-electron chi connectivity index (χ0n) is 18.7. The van der Waals surface area contributed by atoms with Crippen LogP contribution >= 0.6 is 0 Å². The summed E-state index contributed by atoms with van der Waals surface area (Å²) in [6.07, 6.45) is 3.53. The molecule has 4 rings (SSSR count). The second-order valence-corrected chi connectivity index (χ2v) is 9.08. The molecule has 31 heavy (non-hydrogen) atoms. The van der Waals surface area contributed by atoms with Crippen molar-refractivity contribution >= 4 is 22.2 Å². The van der Waals surface area contributed by atoms with Crippen LogP contribution in [0.25, 0.3) is 27.8 Å². The van der Waals surface area contributed by atoms with Gasteiger partial charge in [-0.2, -0.15) is 0 Å². The fourth-order valence-corrected chi connectivity index (χ4v) is 4.01. The molecule has 162 valence electrons. The molecule has 0 radical (unpaired) electrons. The highest BCUT2D eigenvalue weighted by Crippen LogP contribution is 2.29. The first-order valence-corrected chi connectivity index (χ1v) is 10.7. The lowest BCUT2D eigenvalue weighted by atomic mass is 10.1. The minimum absolute atomic E-state index is 0.272. The summed E-state index contributed by atoms with van der Waals surface area (Å²) in [7, 11) is 0. The summed E-state index contributed by atoms with van der Waals surface area (Å²) in [6.45, 7) is 12.2. The molecule has 6 heteroatoms. The molecule has 0 amide bonds. The van der Waals surface area contributed by atoms with Gasteiger partial charge < -0.3 is 9.30 Å². The lowest BCUT2D eigenvalue weighted by molar-refractivity contribution is 0.551. The Bertz CT molecular complexity index is 1230. The molecule has 0 spiro atoms. The Morgan fingerprint density at radius 2 is 1.61 bits per heavy atom. The van der Waals surface area contributed by atoms with Crippen molar-refractivity contribution in [1.29, 1.82) is 0 Å². The van der Waals surface area contributed by atoms with Crippen LogP contribution < -0.4 is 4.90 Å². The van der Waals surface area contributed by atoms with Gasteiger partial charge in [0.2, 0.25) is 0 Å². The molecule has 3 heterocycles. The van der Waals surface area contributed by atoms with Gasteiger partial charge in [-0.3, -0.25) is 0 Å². The van der Waals surface area contributed by atoms with Crippen molar-refractivity contribution < 1.29 is 8.78 Å². The van der Waals surface area contributed by atoms with Gasteiger partial charge in [0.15, 0.2) is 17.3 Å². The maximum atomic E-state index is 15.1. The van der Waals surface area contributed by atoms with Crippen molar-refractivity contribution in [2.75, 3.05) is 18.0 Å². The molecule has 0 aliphatic carbocycles. The summed E-state index contributed by atoms with van der Waals surface area (Å²) in [5.41, 5.74) is 3.25. The fraction of sp³-hybridized carbons (Fsp3) is 0.360. The maximum absolute atomic E-state index is 15.1. The van der Waals surface area contributed by atoms with Gasteiger partial charge in [0.1, 0.15) is 5.52 Å². The van der Waals surface area contributed by atoms with Crippen LogP contribution in [0, 0.1) is 30.4 Å². The van der Waals surface area contributed by atoms with Crippen LogP contribution in [0.4, 0.5) is 14.5 Å². The quantitative estimate of drug-likeness (QED) is 0.368. The second kappa shape index (κ2) is 8.25. The monoisotopic (exact) mass is 422 g/mol. The Hall–Kier alpha value is -3.02. The van der Waals surface area contributed by atoms with Crippen LogP contribution in [0.2, 0.25) is 0 Å². The van der Waals surface area contributed by atoms with Crippen molar-refractivity contribution in [3.63, 3.8) is 0 Å². The molecule has 0 bridgehead atoms. The van der Waals surface area contributed by atoms with Crippen LogP contribution in [0.15, 0.2) is 42.7 Å². The molecule has 4 aromatic rings. The normalized spacial score (nSPS) is 11.9. The first-order chi connectivity index (χ1) is 14.7. The molecular formula is C25H28F2N4. The van der Waals surface area contributed by atoms with E-state index in [1.807, 2.05) is 25.1 Å². The first kappa shape index (κ1) is 21.2. The van der Waals surface area contributed by atoms with E-state index in [1.54, 1.807) is 22.9 Å². The standard InChI is InChI=1S/C25H28F2N4/c1-15(2)11-30(12-16(3)4)20-8-18-6-7-23(29-24(18)21(26)10-20)19-9-22(27)25-28-17(5)13-31(25)14-19/h6-10,13-16H,11-12H2,1-5H3. The van der Waals surface area contributed by atoms with E-state index in [9.17, 15) is 4.39 Å². The number of fused-ring (bicyclic) bond motifs is 2. The van der Waals surface area contributed by atoms with Crippen LogP contribution in [0.5, 0.6) is 0 Å². The largest absolute Gasteiger partial charge is 0.371 e. The van der Waals surface area contributed by atoms with Gasteiger partial charge in [0.05, 0.1) is 11.4 Å². The Balaban J connectivity index is 1.76. The third kappa shape index (κ3) is 4.38. The minimum atomic E-state index is -0.429. The van der Waals surface area contributed by atoms with Gasteiger partial charge >= 0.3 is 0 Å². The Morgan fingerprint density at radius 3 is 2.29 bits per heavy atom. The number of nitrogens with zero attached hydrogens (tertiary/aromatic N) is 4. The summed E-state index contributed by atoms with van der Waals surface area (Å²) in [4.78, 5) is 10.9. The zero-order valence-corrected chi connectivity index (χ0v) is 18.7. The lowest BCUT2D eigenvalue weighted by Gasteiger charge is -2.29. The predicted molar refractivity (Wildman–Crippen MR) is 122 cm³/mol.